The van der Waals surface area contributed by atoms with Gasteiger partial charge in [-0.3, -0.25) is 9.89 Å². The highest BCUT2D eigenvalue weighted by molar-refractivity contribution is 6.00. The third-order valence-corrected chi connectivity index (χ3v) is 3.55. The van der Waals surface area contributed by atoms with Gasteiger partial charge in [0.15, 0.2) is 0 Å². The van der Waals surface area contributed by atoms with Crippen molar-refractivity contribution in [3.63, 3.8) is 0 Å². The summed E-state index contributed by atoms with van der Waals surface area (Å²) in [7, 11) is 1.80. The van der Waals surface area contributed by atoms with Crippen molar-refractivity contribution >= 4 is 11.5 Å². The van der Waals surface area contributed by atoms with Crippen molar-refractivity contribution in [2.75, 3.05) is 11.9 Å². The summed E-state index contributed by atoms with van der Waals surface area (Å²) in [5.74, 6) is 0.902. The minimum absolute atomic E-state index is 0.872. The van der Waals surface area contributed by atoms with E-state index < -0.39 is 0 Å². The number of hydrogen-bond acceptors (Lipinski definition) is 1. The molecule has 0 fully saturated rings. The molecule has 0 heterocycles. The zero-order valence-corrected chi connectivity index (χ0v) is 14.1. The molecular formula is C20H26N2. The largest absolute Gasteiger partial charge is 0.299 e. The molecule has 0 aliphatic carbocycles. The summed E-state index contributed by atoms with van der Waals surface area (Å²) >= 11 is 0. The second-order valence-electron chi connectivity index (χ2n) is 4.89. The van der Waals surface area contributed by atoms with Crippen molar-refractivity contribution in [3.05, 3.63) is 78.6 Å². The number of para-hydroxylation sites is 1. The van der Waals surface area contributed by atoms with Crippen LogP contribution in [0.1, 0.15) is 26.3 Å². The van der Waals surface area contributed by atoms with E-state index in [0.29, 0.717) is 0 Å². The van der Waals surface area contributed by atoms with Gasteiger partial charge in [0.25, 0.3) is 0 Å². The van der Waals surface area contributed by atoms with Gasteiger partial charge in [-0.05, 0) is 37.5 Å². The quantitative estimate of drug-likeness (QED) is 0.394. The molecule has 1 aromatic carbocycles. The van der Waals surface area contributed by atoms with Gasteiger partial charge in [-0.2, -0.15) is 0 Å². The Morgan fingerprint density at radius 1 is 1.32 bits per heavy atom. The molecule has 0 atom stereocenters. The number of benzene rings is 1. The Morgan fingerprint density at radius 2 is 2.00 bits per heavy atom. The summed E-state index contributed by atoms with van der Waals surface area (Å²) in [6.45, 7) is 14.3. The molecule has 2 nitrogen and oxygen atoms in total. The molecule has 0 aliphatic heterocycles. The number of aliphatic imine (C=N–C) groups is 1. The van der Waals surface area contributed by atoms with Gasteiger partial charge in [0, 0.05) is 12.7 Å². The first-order valence-corrected chi connectivity index (χ1v) is 7.56. The fourth-order valence-electron chi connectivity index (χ4n) is 2.25. The van der Waals surface area contributed by atoms with Crippen molar-refractivity contribution in [2.24, 2.45) is 4.99 Å². The van der Waals surface area contributed by atoms with E-state index in [9.17, 15) is 0 Å². The third kappa shape index (κ3) is 4.08. The van der Waals surface area contributed by atoms with Gasteiger partial charge >= 0.3 is 0 Å². The van der Waals surface area contributed by atoms with Gasteiger partial charge in [-0.1, -0.05) is 62.6 Å². The molecule has 1 rings (SSSR count). The molecular weight excluding hydrogens is 268 g/mol. The number of anilines is 1. The van der Waals surface area contributed by atoms with Crippen LogP contribution in [0.2, 0.25) is 0 Å². The number of aryl methyl sites for hydroxylation is 1. The number of rotatable bonds is 6. The van der Waals surface area contributed by atoms with Crippen molar-refractivity contribution in [1.82, 2.24) is 0 Å². The van der Waals surface area contributed by atoms with Gasteiger partial charge in [0.2, 0.25) is 0 Å². The molecule has 0 amide bonds. The molecule has 116 valence electrons. The molecule has 0 spiro atoms. The van der Waals surface area contributed by atoms with Gasteiger partial charge in [-0.15, -0.1) is 0 Å². The monoisotopic (exact) mass is 294 g/mol. The van der Waals surface area contributed by atoms with Gasteiger partial charge in [-0.25, -0.2) is 0 Å². The van der Waals surface area contributed by atoms with E-state index in [0.717, 1.165) is 29.2 Å². The van der Waals surface area contributed by atoms with E-state index in [4.69, 9.17) is 0 Å². The maximum atomic E-state index is 4.36. The van der Waals surface area contributed by atoms with Crippen LogP contribution in [0.25, 0.3) is 0 Å². The lowest BCUT2D eigenvalue weighted by Gasteiger charge is -2.29. The molecule has 1 aromatic rings. The smallest absolute Gasteiger partial charge is 0.104 e. The van der Waals surface area contributed by atoms with Crippen LogP contribution in [0.5, 0.6) is 0 Å². The van der Waals surface area contributed by atoms with Crippen LogP contribution in [-0.4, -0.2) is 12.9 Å². The lowest BCUT2D eigenvalue weighted by molar-refractivity contribution is 1.10. The van der Waals surface area contributed by atoms with Crippen LogP contribution in [0.15, 0.2) is 78.0 Å². The van der Waals surface area contributed by atoms with Crippen LogP contribution >= 0.6 is 0 Å². The second-order valence-corrected chi connectivity index (χ2v) is 4.89. The molecule has 22 heavy (non-hydrogen) atoms. The summed E-state index contributed by atoms with van der Waals surface area (Å²) in [5, 5.41) is 0. The minimum Gasteiger partial charge on any atom is -0.299 e. The standard InChI is InChI=1S/C20H26N2/c1-7-10-13-18(8-2)16(4)22(17(5)21-6)20-15-12-11-14-19(20)9-3/h7-8,10-15H,2,4,9H2,1,3,5-6H3/b10-7-,18-13+,21-17-. The molecule has 0 saturated heterocycles. The summed E-state index contributed by atoms with van der Waals surface area (Å²) in [5.41, 5.74) is 4.23. The Bertz CT molecular complexity index is 618. The van der Waals surface area contributed by atoms with E-state index in [1.54, 1.807) is 7.05 Å². The average molecular weight is 294 g/mol. The number of nitrogens with zero attached hydrogens (tertiary/aromatic N) is 2. The Hall–Kier alpha value is -2.35. The fourth-order valence-corrected chi connectivity index (χ4v) is 2.25. The minimum atomic E-state index is 0.872. The topological polar surface area (TPSA) is 15.6 Å². The van der Waals surface area contributed by atoms with Gasteiger partial charge in [0.1, 0.15) is 5.84 Å². The summed E-state index contributed by atoms with van der Waals surface area (Å²) in [6, 6.07) is 8.35. The lowest BCUT2D eigenvalue weighted by atomic mass is 10.1. The SMILES string of the molecule is C=C/C(=C\C=C/C)C(=C)N(/C(C)=N\C)c1ccccc1CC. The van der Waals surface area contributed by atoms with E-state index in [1.807, 2.05) is 44.2 Å². The third-order valence-electron chi connectivity index (χ3n) is 3.55. The number of allylic oxidation sites excluding steroid dienone is 4. The Balaban J connectivity index is 3.42. The molecule has 0 bridgehead atoms. The van der Waals surface area contributed by atoms with Crippen LogP contribution in [-0.2, 0) is 6.42 Å². The first-order valence-electron chi connectivity index (χ1n) is 7.56. The first-order chi connectivity index (χ1) is 10.6. The zero-order valence-electron chi connectivity index (χ0n) is 14.1. The highest BCUT2D eigenvalue weighted by Crippen LogP contribution is 2.28. The van der Waals surface area contributed by atoms with E-state index in [2.05, 4.69) is 48.2 Å². The molecule has 0 saturated carbocycles. The number of amidine groups is 1. The average Bonchev–Trinajstić information content (AvgIpc) is 2.56. The summed E-state index contributed by atoms with van der Waals surface area (Å²) < 4.78 is 0. The first kappa shape index (κ1) is 17.7. The normalized spacial score (nSPS) is 12.5. The van der Waals surface area contributed by atoms with E-state index in [-0.39, 0.29) is 0 Å². The summed E-state index contributed by atoms with van der Waals surface area (Å²) in [6.07, 6.45) is 8.78. The molecule has 0 radical (unpaired) electrons. The molecule has 0 aliphatic rings. The Kier molecular flexibility index (Phi) is 7.11. The Morgan fingerprint density at radius 3 is 2.55 bits per heavy atom. The predicted molar refractivity (Wildman–Crippen MR) is 99.6 cm³/mol. The van der Waals surface area contributed by atoms with E-state index >= 15 is 0 Å². The van der Waals surface area contributed by atoms with Crippen LogP contribution in [0.3, 0.4) is 0 Å². The maximum Gasteiger partial charge on any atom is 0.104 e. The van der Waals surface area contributed by atoms with Crippen molar-refractivity contribution < 1.29 is 0 Å². The molecule has 2 heteroatoms. The highest BCUT2D eigenvalue weighted by Gasteiger charge is 2.17. The summed E-state index contributed by atoms with van der Waals surface area (Å²) in [4.78, 5) is 6.45. The van der Waals surface area contributed by atoms with Crippen molar-refractivity contribution in [3.8, 4) is 0 Å². The second kappa shape index (κ2) is 8.83. The fraction of sp³-hybridized carbons (Fsp3) is 0.250. The lowest BCUT2D eigenvalue weighted by Crippen LogP contribution is -2.29. The molecule has 0 unspecified atom stereocenters. The Labute approximate surface area is 134 Å². The van der Waals surface area contributed by atoms with Gasteiger partial charge in [0.05, 0.1) is 5.69 Å². The zero-order chi connectivity index (χ0) is 16.5. The molecule has 0 aromatic heterocycles. The van der Waals surface area contributed by atoms with Crippen molar-refractivity contribution in [2.45, 2.75) is 27.2 Å². The molecule has 0 N–H and O–H groups in total. The predicted octanol–water partition coefficient (Wildman–Crippen LogP) is 5.31. The van der Waals surface area contributed by atoms with Crippen LogP contribution in [0, 0.1) is 0 Å². The highest BCUT2D eigenvalue weighted by atomic mass is 15.2. The van der Waals surface area contributed by atoms with Crippen LogP contribution in [0.4, 0.5) is 5.69 Å². The van der Waals surface area contributed by atoms with E-state index in [1.165, 1.54) is 5.56 Å². The maximum absolute atomic E-state index is 4.36. The van der Waals surface area contributed by atoms with Gasteiger partial charge < -0.3 is 0 Å². The number of hydrogen-bond donors (Lipinski definition) is 0. The van der Waals surface area contributed by atoms with Crippen molar-refractivity contribution in [1.29, 1.82) is 0 Å². The van der Waals surface area contributed by atoms with Crippen LogP contribution < -0.4 is 4.90 Å².